The fraction of sp³-hybridized carbons (Fsp3) is 0.125. The summed E-state index contributed by atoms with van der Waals surface area (Å²) in [7, 11) is -4.40. The van der Waals surface area contributed by atoms with Gasteiger partial charge in [-0.2, -0.15) is 8.42 Å². The summed E-state index contributed by atoms with van der Waals surface area (Å²) in [6.45, 7) is 0. The average Bonchev–Trinajstić information content (AvgIpc) is 2.70. The van der Waals surface area contributed by atoms with Crippen LogP contribution in [0.4, 0.5) is 0 Å². The molecule has 0 aliphatic carbocycles. The first kappa shape index (κ1) is 27.8. The van der Waals surface area contributed by atoms with Crippen molar-refractivity contribution in [1.29, 1.82) is 0 Å². The molecule has 2 N–H and O–H groups in total. The van der Waals surface area contributed by atoms with Crippen LogP contribution in [0, 0.1) is 0 Å². The predicted molar refractivity (Wildman–Crippen MR) is 132 cm³/mol. The standard InChI is InChI=1S/C24H20O6S.2Na.2H/c25-21-14-22-24(18(13-23(26)30-22)15-31(27,28)29)20(12-17-9-5-2-6-10-17)19(21)11-16-7-3-1-4-8-16;;;;/h1-10,13-14,25H,11-12,15H2,(H,27,28,29);;;;. The van der Waals surface area contributed by atoms with Gasteiger partial charge < -0.3 is 9.52 Å². The van der Waals surface area contributed by atoms with Gasteiger partial charge in [0, 0.05) is 29.5 Å². The van der Waals surface area contributed by atoms with Gasteiger partial charge in [-0.25, -0.2) is 4.79 Å². The summed E-state index contributed by atoms with van der Waals surface area (Å²) in [4.78, 5) is 12.0. The molecule has 1 heterocycles. The molecular weight excluding hydrogens is 462 g/mol. The van der Waals surface area contributed by atoms with E-state index in [2.05, 4.69) is 0 Å². The van der Waals surface area contributed by atoms with Crippen LogP contribution in [-0.4, -0.2) is 77.2 Å². The van der Waals surface area contributed by atoms with Crippen LogP contribution in [0.25, 0.3) is 11.0 Å². The number of fused-ring (bicyclic) bond motifs is 1. The van der Waals surface area contributed by atoms with Crippen LogP contribution in [0.5, 0.6) is 5.75 Å². The number of phenols is 1. The molecule has 0 aliphatic rings. The first-order valence-electron chi connectivity index (χ1n) is 9.63. The van der Waals surface area contributed by atoms with Crippen molar-refractivity contribution in [3.05, 3.63) is 111 Å². The monoisotopic (exact) mass is 484 g/mol. The zero-order valence-electron chi connectivity index (χ0n) is 16.5. The third kappa shape index (κ3) is 7.04. The van der Waals surface area contributed by atoms with Crippen molar-refractivity contribution < 1.29 is 22.5 Å². The minimum absolute atomic E-state index is 0. The Bertz CT molecular complexity index is 1400. The first-order chi connectivity index (χ1) is 14.8. The fourth-order valence-electron chi connectivity index (χ4n) is 3.83. The molecule has 0 atom stereocenters. The molecule has 4 rings (SSSR count). The molecule has 0 fully saturated rings. The maximum absolute atomic E-state index is 12.0. The van der Waals surface area contributed by atoms with E-state index in [1.807, 2.05) is 60.7 Å². The Kier molecular flexibility index (Phi) is 9.96. The van der Waals surface area contributed by atoms with E-state index in [4.69, 9.17) is 4.42 Å². The molecule has 0 aliphatic heterocycles. The van der Waals surface area contributed by atoms with Crippen molar-refractivity contribution in [3.63, 3.8) is 0 Å². The SMILES string of the molecule is O=c1cc(CS(=O)(=O)O)c2c(Cc3ccccc3)c(Cc3ccccc3)c(O)cc2o1.[NaH].[NaH]. The summed E-state index contributed by atoms with van der Waals surface area (Å²) in [5.74, 6) is -0.777. The van der Waals surface area contributed by atoms with Gasteiger partial charge in [0.15, 0.2) is 0 Å². The third-order valence-electron chi connectivity index (χ3n) is 5.10. The van der Waals surface area contributed by atoms with Crippen LogP contribution >= 0.6 is 0 Å². The van der Waals surface area contributed by atoms with Crippen LogP contribution in [0.2, 0.25) is 0 Å². The molecule has 3 aromatic carbocycles. The summed E-state index contributed by atoms with van der Waals surface area (Å²) >= 11 is 0. The van der Waals surface area contributed by atoms with E-state index >= 15 is 0 Å². The van der Waals surface area contributed by atoms with Crippen LogP contribution in [0.15, 0.2) is 82.0 Å². The summed E-state index contributed by atoms with van der Waals surface area (Å²) in [6.07, 6.45) is 0.773. The van der Waals surface area contributed by atoms with E-state index < -0.39 is 21.5 Å². The summed E-state index contributed by atoms with van der Waals surface area (Å²) < 4.78 is 38.0. The van der Waals surface area contributed by atoms with Crippen molar-refractivity contribution >= 4 is 80.2 Å². The van der Waals surface area contributed by atoms with Gasteiger partial charge in [-0.3, -0.25) is 4.55 Å². The third-order valence-corrected chi connectivity index (χ3v) is 5.77. The summed E-state index contributed by atoms with van der Waals surface area (Å²) in [5, 5.41) is 11.2. The van der Waals surface area contributed by atoms with Crippen molar-refractivity contribution in [3.8, 4) is 5.75 Å². The summed E-state index contributed by atoms with van der Waals surface area (Å²) in [5.41, 5.74) is 2.60. The molecule has 0 saturated carbocycles. The van der Waals surface area contributed by atoms with Gasteiger partial charge in [-0.1, -0.05) is 60.7 Å². The molecule has 0 bridgehead atoms. The van der Waals surface area contributed by atoms with E-state index in [9.17, 15) is 22.9 Å². The van der Waals surface area contributed by atoms with E-state index in [-0.39, 0.29) is 76.0 Å². The van der Waals surface area contributed by atoms with Crippen molar-refractivity contribution in [2.24, 2.45) is 0 Å². The van der Waals surface area contributed by atoms with Crippen molar-refractivity contribution in [2.45, 2.75) is 18.6 Å². The number of phenolic OH excluding ortho intramolecular Hbond substituents is 1. The number of aromatic hydroxyl groups is 1. The Morgan fingerprint density at radius 3 is 1.82 bits per heavy atom. The zero-order valence-corrected chi connectivity index (χ0v) is 17.3. The van der Waals surface area contributed by atoms with Gasteiger partial charge in [0.2, 0.25) is 0 Å². The molecule has 9 heteroatoms. The minimum atomic E-state index is -4.40. The molecule has 4 aromatic rings. The topological polar surface area (TPSA) is 105 Å². The Labute approximate surface area is 236 Å². The maximum atomic E-state index is 12.0. The normalized spacial score (nSPS) is 10.9. The molecule has 0 spiro atoms. The molecule has 0 amide bonds. The van der Waals surface area contributed by atoms with Crippen LogP contribution in [-0.2, 0) is 28.7 Å². The number of rotatable bonds is 6. The van der Waals surface area contributed by atoms with Crippen LogP contribution < -0.4 is 5.63 Å². The van der Waals surface area contributed by atoms with Gasteiger partial charge in [-0.15, -0.1) is 0 Å². The van der Waals surface area contributed by atoms with E-state index in [0.29, 0.717) is 29.4 Å². The Hall–Kier alpha value is -1.42. The second-order valence-electron chi connectivity index (χ2n) is 7.37. The molecule has 162 valence electrons. The molecule has 0 radical (unpaired) electrons. The number of benzene rings is 3. The van der Waals surface area contributed by atoms with Crippen molar-refractivity contribution in [1.82, 2.24) is 0 Å². The molecule has 0 unspecified atom stereocenters. The Morgan fingerprint density at radius 1 is 0.788 bits per heavy atom. The molecule has 6 nitrogen and oxygen atoms in total. The molecule has 0 saturated heterocycles. The fourth-order valence-corrected chi connectivity index (χ4v) is 4.45. The summed E-state index contributed by atoms with van der Waals surface area (Å²) in [6, 6.07) is 21.5. The van der Waals surface area contributed by atoms with Gasteiger partial charge in [0.05, 0.1) is 0 Å². The molecule has 1 aromatic heterocycles. The molecule has 33 heavy (non-hydrogen) atoms. The zero-order chi connectivity index (χ0) is 22.0. The van der Waals surface area contributed by atoms with Gasteiger partial charge in [0.25, 0.3) is 10.1 Å². The Balaban J connectivity index is 0.00000193. The van der Waals surface area contributed by atoms with Gasteiger partial charge in [0.1, 0.15) is 17.1 Å². The average molecular weight is 484 g/mol. The Morgan fingerprint density at radius 2 is 1.30 bits per heavy atom. The molecular formula is C24H22Na2O6S. The predicted octanol–water partition coefficient (Wildman–Crippen LogP) is 2.77. The number of hydrogen-bond acceptors (Lipinski definition) is 5. The quantitative estimate of drug-likeness (QED) is 0.248. The van der Waals surface area contributed by atoms with Crippen molar-refractivity contribution in [2.75, 3.05) is 0 Å². The van der Waals surface area contributed by atoms with E-state index in [0.717, 1.165) is 17.2 Å². The van der Waals surface area contributed by atoms with Crippen LogP contribution in [0.1, 0.15) is 27.8 Å². The first-order valence-corrected chi connectivity index (χ1v) is 11.2. The van der Waals surface area contributed by atoms with Gasteiger partial charge >= 0.3 is 64.7 Å². The van der Waals surface area contributed by atoms with E-state index in [1.54, 1.807) is 0 Å². The van der Waals surface area contributed by atoms with E-state index in [1.165, 1.54) is 6.07 Å². The number of hydrogen-bond donors (Lipinski definition) is 2. The second kappa shape index (κ2) is 11.8. The second-order valence-corrected chi connectivity index (χ2v) is 8.82. The van der Waals surface area contributed by atoms with Gasteiger partial charge in [-0.05, 0) is 28.7 Å². The van der Waals surface area contributed by atoms with Crippen LogP contribution in [0.3, 0.4) is 0 Å².